The van der Waals surface area contributed by atoms with E-state index in [1.807, 2.05) is 18.2 Å². The Bertz CT molecular complexity index is 439. The van der Waals surface area contributed by atoms with Crippen LogP contribution in [0.3, 0.4) is 0 Å². The number of aryl methyl sites for hydroxylation is 1. The number of alkyl halides is 1. The van der Waals surface area contributed by atoms with Gasteiger partial charge in [-0.05, 0) is 12.1 Å². The molecule has 14 heavy (non-hydrogen) atoms. The van der Waals surface area contributed by atoms with Crippen LogP contribution in [0.25, 0.3) is 11.0 Å². The average molecular weight is 256 g/mol. The molecule has 0 saturated heterocycles. The normalized spacial score (nSPS) is 10.7. The number of hydrogen-bond donors (Lipinski definition) is 0. The first-order valence-corrected chi connectivity index (χ1v) is 5.45. The Morgan fingerprint density at radius 1 is 1.50 bits per heavy atom. The van der Waals surface area contributed by atoms with Crippen LogP contribution < -0.4 is 4.74 Å². The monoisotopic (exact) mass is 255 g/mol. The number of hydrogen-bond acceptors (Lipinski definition) is 3. The molecule has 1 heterocycles. The molecule has 0 atom stereocenters. The lowest BCUT2D eigenvalue weighted by Crippen LogP contribution is -1.86. The van der Waals surface area contributed by atoms with Crippen molar-refractivity contribution >= 4 is 26.9 Å². The zero-order chi connectivity index (χ0) is 9.97. The van der Waals surface area contributed by atoms with Crippen LogP contribution in [0.15, 0.2) is 22.7 Å². The van der Waals surface area contributed by atoms with Gasteiger partial charge in [-0.15, -0.1) is 0 Å². The maximum atomic E-state index is 5.19. The topological polar surface area (TPSA) is 35.3 Å². The van der Waals surface area contributed by atoms with E-state index in [0.29, 0.717) is 0 Å². The number of halogens is 1. The third-order valence-electron chi connectivity index (χ3n) is 2.09. The molecule has 1 aromatic heterocycles. The minimum absolute atomic E-state index is 0.778. The Labute approximate surface area is 90.2 Å². The SMILES string of the molecule is COc1ccc2c(CCBr)noc2c1. The van der Waals surface area contributed by atoms with Crippen molar-refractivity contribution in [3.63, 3.8) is 0 Å². The summed E-state index contributed by atoms with van der Waals surface area (Å²) in [5.41, 5.74) is 1.76. The Balaban J connectivity index is 2.48. The molecule has 0 unspecified atom stereocenters. The Morgan fingerprint density at radius 3 is 3.07 bits per heavy atom. The molecule has 74 valence electrons. The van der Waals surface area contributed by atoms with E-state index in [2.05, 4.69) is 21.1 Å². The smallest absolute Gasteiger partial charge is 0.170 e. The fraction of sp³-hybridized carbons (Fsp3) is 0.300. The molecule has 0 aliphatic heterocycles. The summed E-state index contributed by atoms with van der Waals surface area (Å²) in [5, 5.41) is 5.95. The molecule has 2 aromatic rings. The lowest BCUT2D eigenvalue weighted by Gasteiger charge is -1.97. The molecule has 4 heteroatoms. The number of fused-ring (bicyclic) bond motifs is 1. The molecule has 3 nitrogen and oxygen atoms in total. The van der Waals surface area contributed by atoms with Crippen LogP contribution >= 0.6 is 15.9 Å². The number of aromatic nitrogens is 1. The van der Waals surface area contributed by atoms with Crippen molar-refractivity contribution in [2.24, 2.45) is 0 Å². The second kappa shape index (κ2) is 4.00. The van der Waals surface area contributed by atoms with Crippen LogP contribution in [-0.4, -0.2) is 17.6 Å². The van der Waals surface area contributed by atoms with E-state index in [1.54, 1.807) is 7.11 Å². The molecule has 0 amide bonds. The zero-order valence-corrected chi connectivity index (χ0v) is 9.37. The fourth-order valence-electron chi connectivity index (χ4n) is 1.37. The molecule has 1 aromatic carbocycles. The van der Waals surface area contributed by atoms with Gasteiger partial charge in [0.15, 0.2) is 5.58 Å². The maximum absolute atomic E-state index is 5.19. The van der Waals surface area contributed by atoms with Gasteiger partial charge in [0.05, 0.1) is 12.8 Å². The van der Waals surface area contributed by atoms with Gasteiger partial charge in [0.2, 0.25) is 0 Å². The van der Waals surface area contributed by atoms with Crippen molar-refractivity contribution in [2.45, 2.75) is 6.42 Å². The largest absolute Gasteiger partial charge is 0.497 e. The highest BCUT2D eigenvalue weighted by molar-refractivity contribution is 9.09. The van der Waals surface area contributed by atoms with Gasteiger partial charge >= 0.3 is 0 Å². The van der Waals surface area contributed by atoms with Gasteiger partial charge in [-0.2, -0.15) is 0 Å². The summed E-state index contributed by atoms with van der Waals surface area (Å²) in [6.45, 7) is 0. The standard InChI is InChI=1S/C10H10BrNO2/c1-13-7-2-3-8-9(4-5-11)12-14-10(8)6-7/h2-3,6H,4-5H2,1H3. The lowest BCUT2D eigenvalue weighted by atomic mass is 10.2. The van der Waals surface area contributed by atoms with Crippen LogP contribution in [0.2, 0.25) is 0 Å². The van der Waals surface area contributed by atoms with Gasteiger partial charge in [-0.3, -0.25) is 0 Å². The van der Waals surface area contributed by atoms with Gasteiger partial charge in [0.1, 0.15) is 5.75 Å². The molecular formula is C10H10BrNO2. The Kier molecular flexibility index (Phi) is 2.72. The summed E-state index contributed by atoms with van der Waals surface area (Å²) in [7, 11) is 1.64. The number of methoxy groups -OCH3 is 1. The van der Waals surface area contributed by atoms with Crippen molar-refractivity contribution in [3.8, 4) is 5.75 Å². The molecule has 0 aliphatic rings. The van der Waals surface area contributed by atoms with Gasteiger partial charge in [-0.25, -0.2) is 0 Å². The molecule has 0 N–H and O–H groups in total. The summed E-state index contributed by atoms with van der Waals surface area (Å²) < 4.78 is 10.3. The summed E-state index contributed by atoms with van der Waals surface area (Å²) in [6, 6.07) is 5.74. The number of rotatable bonds is 3. The van der Waals surface area contributed by atoms with Gasteiger partial charge < -0.3 is 9.26 Å². The molecular weight excluding hydrogens is 246 g/mol. The molecule has 0 bridgehead atoms. The second-order valence-corrected chi connectivity index (χ2v) is 3.72. The number of benzene rings is 1. The van der Waals surface area contributed by atoms with Crippen LogP contribution in [-0.2, 0) is 6.42 Å². The van der Waals surface area contributed by atoms with Crippen LogP contribution in [0, 0.1) is 0 Å². The number of nitrogens with zero attached hydrogens (tertiary/aromatic N) is 1. The molecule has 2 rings (SSSR count). The number of ether oxygens (including phenoxy) is 1. The minimum Gasteiger partial charge on any atom is -0.497 e. The predicted octanol–water partition coefficient (Wildman–Crippen LogP) is 2.77. The van der Waals surface area contributed by atoms with Gasteiger partial charge in [0, 0.05) is 23.2 Å². The quantitative estimate of drug-likeness (QED) is 0.792. The highest BCUT2D eigenvalue weighted by Crippen LogP contribution is 2.23. The maximum Gasteiger partial charge on any atom is 0.170 e. The van der Waals surface area contributed by atoms with Crippen molar-refractivity contribution in [3.05, 3.63) is 23.9 Å². The summed E-state index contributed by atoms with van der Waals surface area (Å²) in [4.78, 5) is 0. The first kappa shape index (κ1) is 9.52. The fourth-order valence-corrected chi connectivity index (χ4v) is 1.74. The van der Waals surface area contributed by atoms with E-state index in [4.69, 9.17) is 9.26 Å². The highest BCUT2D eigenvalue weighted by Gasteiger charge is 2.07. The summed E-state index contributed by atoms with van der Waals surface area (Å²) >= 11 is 3.38. The van der Waals surface area contributed by atoms with E-state index >= 15 is 0 Å². The zero-order valence-electron chi connectivity index (χ0n) is 7.79. The molecule has 0 saturated carbocycles. The van der Waals surface area contributed by atoms with E-state index in [9.17, 15) is 0 Å². The van der Waals surface area contributed by atoms with Crippen molar-refractivity contribution in [2.75, 3.05) is 12.4 Å². The molecule has 0 radical (unpaired) electrons. The summed E-state index contributed by atoms with van der Waals surface area (Å²) in [5.74, 6) is 0.791. The predicted molar refractivity (Wildman–Crippen MR) is 58.1 cm³/mol. The molecule has 0 fully saturated rings. The second-order valence-electron chi connectivity index (χ2n) is 2.93. The third kappa shape index (κ3) is 1.62. The molecule has 0 aliphatic carbocycles. The first-order chi connectivity index (χ1) is 6.85. The Hall–Kier alpha value is -1.03. The first-order valence-electron chi connectivity index (χ1n) is 4.33. The molecule has 0 spiro atoms. The van der Waals surface area contributed by atoms with Crippen LogP contribution in [0.4, 0.5) is 0 Å². The van der Waals surface area contributed by atoms with Crippen molar-refractivity contribution in [1.29, 1.82) is 0 Å². The van der Waals surface area contributed by atoms with Crippen LogP contribution in [0.5, 0.6) is 5.75 Å². The lowest BCUT2D eigenvalue weighted by molar-refractivity contribution is 0.411. The average Bonchev–Trinajstić information content (AvgIpc) is 2.61. The summed E-state index contributed by atoms with van der Waals surface area (Å²) in [6.07, 6.45) is 0.874. The Morgan fingerprint density at radius 2 is 2.36 bits per heavy atom. The highest BCUT2D eigenvalue weighted by atomic mass is 79.9. The van der Waals surface area contributed by atoms with E-state index in [1.165, 1.54) is 0 Å². The van der Waals surface area contributed by atoms with E-state index in [0.717, 1.165) is 34.2 Å². The van der Waals surface area contributed by atoms with Crippen molar-refractivity contribution < 1.29 is 9.26 Å². The van der Waals surface area contributed by atoms with Crippen molar-refractivity contribution in [1.82, 2.24) is 5.16 Å². The third-order valence-corrected chi connectivity index (χ3v) is 2.48. The van der Waals surface area contributed by atoms with E-state index < -0.39 is 0 Å². The van der Waals surface area contributed by atoms with Gasteiger partial charge in [0.25, 0.3) is 0 Å². The minimum atomic E-state index is 0.778. The van der Waals surface area contributed by atoms with Gasteiger partial charge in [-0.1, -0.05) is 21.1 Å². The van der Waals surface area contributed by atoms with E-state index in [-0.39, 0.29) is 0 Å². The van der Waals surface area contributed by atoms with Crippen LogP contribution in [0.1, 0.15) is 5.69 Å².